The van der Waals surface area contributed by atoms with Gasteiger partial charge in [0.1, 0.15) is 11.6 Å². The van der Waals surface area contributed by atoms with Crippen molar-refractivity contribution in [2.24, 2.45) is 0 Å². The normalized spacial score (nSPS) is 10.1. The number of hydrogen-bond donors (Lipinski definition) is 1. The van der Waals surface area contributed by atoms with Crippen molar-refractivity contribution in [1.82, 2.24) is 4.98 Å². The second-order valence-electron chi connectivity index (χ2n) is 3.30. The minimum atomic E-state index is -0.545. The van der Waals surface area contributed by atoms with Crippen LogP contribution in [0.3, 0.4) is 0 Å². The van der Waals surface area contributed by atoms with E-state index in [0.29, 0.717) is 0 Å². The number of nitrogens with zero attached hydrogens (tertiary/aromatic N) is 1. The molecule has 0 atom stereocenters. The summed E-state index contributed by atoms with van der Waals surface area (Å²) in [5, 5.41) is 2.90. The summed E-state index contributed by atoms with van der Waals surface area (Å²) in [6.45, 7) is 0.101. The molecule has 1 aromatic heterocycles. The lowest BCUT2D eigenvalue weighted by Gasteiger charge is -2.07. The molecular weight excluding hydrogens is 210 g/mol. The number of rotatable bonds is 3. The molecule has 1 aromatic carbocycles. The fraction of sp³-hybridized carbons (Fsp3) is 0.0833. The quantitative estimate of drug-likeness (QED) is 0.860. The molecule has 0 saturated heterocycles. The van der Waals surface area contributed by atoms with Crippen LogP contribution in [0.4, 0.5) is 14.5 Å². The summed E-state index contributed by atoms with van der Waals surface area (Å²) in [5.74, 6) is -1.09. The molecule has 0 aliphatic carbocycles. The third-order valence-electron chi connectivity index (χ3n) is 2.19. The van der Waals surface area contributed by atoms with Crippen LogP contribution >= 0.6 is 0 Å². The van der Waals surface area contributed by atoms with Crippen LogP contribution in [0.1, 0.15) is 5.56 Å². The van der Waals surface area contributed by atoms with Crippen molar-refractivity contribution in [3.05, 3.63) is 59.9 Å². The Balaban J connectivity index is 2.11. The van der Waals surface area contributed by atoms with Gasteiger partial charge in [0.15, 0.2) is 0 Å². The van der Waals surface area contributed by atoms with Crippen LogP contribution in [-0.4, -0.2) is 4.98 Å². The van der Waals surface area contributed by atoms with E-state index in [9.17, 15) is 8.78 Å². The van der Waals surface area contributed by atoms with E-state index in [2.05, 4.69) is 10.3 Å². The largest absolute Gasteiger partial charge is 0.379 e. The van der Waals surface area contributed by atoms with Crippen molar-refractivity contribution in [3.8, 4) is 0 Å². The maximum atomic E-state index is 13.3. The summed E-state index contributed by atoms with van der Waals surface area (Å²) in [4.78, 5) is 3.89. The molecular formula is C12H10F2N2. The third kappa shape index (κ3) is 2.34. The number of benzene rings is 1. The zero-order chi connectivity index (χ0) is 11.4. The van der Waals surface area contributed by atoms with Crippen LogP contribution in [0.15, 0.2) is 42.7 Å². The highest BCUT2D eigenvalue weighted by Crippen LogP contribution is 2.14. The van der Waals surface area contributed by atoms with E-state index in [1.165, 1.54) is 18.2 Å². The van der Waals surface area contributed by atoms with Crippen LogP contribution in [0.2, 0.25) is 0 Å². The number of pyridine rings is 1. The summed E-state index contributed by atoms with van der Waals surface area (Å²) in [6, 6.07) is 7.36. The molecule has 1 N–H and O–H groups in total. The zero-order valence-electron chi connectivity index (χ0n) is 8.45. The number of anilines is 1. The Morgan fingerprint density at radius 2 is 1.81 bits per heavy atom. The molecule has 82 valence electrons. The Labute approximate surface area is 92.0 Å². The summed E-state index contributed by atoms with van der Waals surface area (Å²) in [5.41, 5.74) is 0.761. The van der Waals surface area contributed by atoms with Crippen LogP contribution < -0.4 is 5.32 Å². The van der Waals surface area contributed by atoms with Crippen molar-refractivity contribution < 1.29 is 8.78 Å². The van der Waals surface area contributed by atoms with Crippen molar-refractivity contribution in [1.29, 1.82) is 0 Å². The van der Waals surface area contributed by atoms with Gasteiger partial charge in [-0.15, -0.1) is 0 Å². The van der Waals surface area contributed by atoms with Gasteiger partial charge < -0.3 is 5.32 Å². The van der Waals surface area contributed by atoms with Crippen molar-refractivity contribution in [3.63, 3.8) is 0 Å². The Bertz CT molecular complexity index is 451. The van der Waals surface area contributed by atoms with Gasteiger partial charge in [0.2, 0.25) is 0 Å². The monoisotopic (exact) mass is 220 g/mol. The predicted octanol–water partition coefficient (Wildman–Crippen LogP) is 2.97. The summed E-state index contributed by atoms with van der Waals surface area (Å²) >= 11 is 0. The van der Waals surface area contributed by atoms with Crippen molar-refractivity contribution >= 4 is 5.69 Å². The fourth-order valence-electron chi connectivity index (χ4n) is 1.36. The van der Waals surface area contributed by atoms with E-state index in [-0.39, 0.29) is 12.1 Å². The number of nitrogens with one attached hydrogen (secondary N) is 1. The smallest absolute Gasteiger partial charge is 0.131 e. The lowest BCUT2D eigenvalue weighted by Crippen LogP contribution is -2.04. The lowest BCUT2D eigenvalue weighted by molar-refractivity contribution is 0.560. The van der Waals surface area contributed by atoms with E-state index in [0.717, 1.165) is 5.69 Å². The molecule has 0 unspecified atom stereocenters. The molecule has 0 saturated carbocycles. The van der Waals surface area contributed by atoms with E-state index in [4.69, 9.17) is 0 Å². The molecule has 4 heteroatoms. The van der Waals surface area contributed by atoms with Crippen LogP contribution in [0.25, 0.3) is 0 Å². The average molecular weight is 220 g/mol. The Kier molecular flexibility index (Phi) is 3.10. The highest BCUT2D eigenvalue weighted by molar-refractivity contribution is 5.40. The van der Waals surface area contributed by atoms with E-state index >= 15 is 0 Å². The van der Waals surface area contributed by atoms with Gasteiger partial charge in [-0.3, -0.25) is 4.98 Å². The topological polar surface area (TPSA) is 24.9 Å². The summed E-state index contributed by atoms with van der Waals surface area (Å²) in [6.07, 6.45) is 3.23. The van der Waals surface area contributed by atoms with E-state index in [1.807, 2.05) is 0 Å². The molecule has 2 rings (SSSR count). The molecule has 0 spiro atoms. The lowest BCUT2D eigenvalue weighted by atomic mass is 10.2. The van der Waals surface area contributed by atoms with Gasteiger partial charge in [0.05, 0.1) is 5.69 Å². The average Bonchev–Trinajstić information content (AvgIpc) is 2.30. The van der Waals surface area contributed by atoms with Gasteiger partial charge in [-0.05, 0) is 24.3 Å². The summed E-state index contributed by atoms with van der Waals surface area (Å²) < 4.78 is 26.5. The Morgan fingerprint density at radius 3 is 2.44 bits per heavy atom. The first-order valence-electron chi connectivity index (χ1n) is 4.84. The maximum Gasteiger partial charge on any atom is 0.131 e. The molecule has 0 aliphatic rings. The maximum absolute atomic E-state index is 13.3. The van der Waals surface area contributed by atoms with Crippen molar-refractivity contribution in [2.45, 2.75) is 6.54 Å². The fourth-order valence-corrected chi connectivity index (χ4v) is 1.36. The van der Waals surface area contributed by atoms with Gasteiger partial charge >= 0.3 is 0 Å². The van der Waals surface area contributed by atoms with Gasteiger partial charge in [0.25, 0.3) is 0 Å². The third-order valence-corrected chi connectivity index (χ3v) is 2.19. The standard InChI is InChI=1S/C12H10F2N2/c13-11-4-1-5-12(14)10(11)8-16-9-3-2-6-15-7-9/h1-7,16H,8H2. The first kappa shape index (κ1) is 10.5. The molecule has 0 aliphatic heterocycles. The van der Waals surface area contributed by atoms with Crippen molar-refractivity contribution in [2.75, 3.05) is 5.32 Å². The van der Waals surface area contributed by atoms with Gasteiger partial charge in [-0.25, -0.2) is 8.78 Å². The van der Waals surface area contributed by atoms with Crippen LogP contribution in [-0.2, 0) is 6.54 Å². The van der Waals surface area contributed by atoms with Gasteiger partial charge in [0, 0.05) is 24.5 Å². The molecule has 2 aromatic rings. The Hall–Kier alpha value is -1.97. The molecule has 1 heterocycles. The predicted molar refractivity (Wildman–Crippen MR) is 57.9 cm³/mol. The Morgan fingerprint density at radius 1 is 1.06 bits per heavy atom. The zero-order valence-corrected chi connectivity index (χ0v) is 8.45. The molecule has 0 fully saturated rings. The minimum Gasteiger partial charge on any atom is -0.379 e. The highest BCUT2D eigenvalue weighted by Gasteiger charge is 2.07. The second kappa shape index (κ2) is 4.70. The van der Waals surface area contributed by atoms with Crippen LogP contribution in [0, 0.1) is 11.6 Å². The van der Waals surface area contributed by atoms with Gasteiger partial charge in [-0.2, -0.15) is 0 Å². The number of hydrogen-bond acceptors (Lipinski definition) is 2. The first-order chi connectivity index (χ1) is 7.77. The van der Waals surface area contributed by atoms with E-state index in [1.54, 1.807) is 24.5 Å². The molecule has 0 radical (unpaired) electrons. The molecule has 0 amide bonds. The van der Waals surface area contributed by atoms with E-state index < -0.39 is 11.6 Å². The van der Waals surface area contributed by atoms with Gasteiger partial charge in [-0.1, -0.05) is 6.07 Å². The minimum absolute atomic E-state index is 0.0337. The molecule has 16 heavy (non-hydrogen) atoms. The highest BCUT2D eigenvalue weighted by atomic mass is 19.1. The second-order valence-corrected chi connectivity index (χ2v) is 3.30. The number of aromatic nitrogens is 1. The first-order valence-corrected chi connectivity index (χ1v) is 4.84. The SMILES string of the molecule is Fc1cccc(F)c1CNc1cccnc1. The van der Waals surface area contributed by atoms with Crippen LogP contribution in [0.5, 0.6) is 0 Å². The molecule has 2 nitrogen and oxygen atoms in total. The summed E-state index contributed by atoms with van der Waals surface area (Å²) in [7, 11) is 0. The number of halogens is 2. The molecule has 0 bridgehead atoms.